The molecule has 0 amide bonds. The highest BCUT2D eigenvalue weighted by Crippen LogP contribution is 2.43. The van der Waals surface area contributed by atoms with Gasteiger partial charge in [0, 0.05) is 0 Å². The van der Waals surface area contributed by atoms with E-state index in [1.165, 1.54) is 96.3 Å². The first-order valence-electron chi connectivity index (χ1n) is 13.2. The van der Waals surface area contributed by atoms with Crippen molar-refractivity contribution in [2.45, 2.75) is 122 Å². The Labute approximate surface area is 191 Å². The zero-order chi connectivity index (χ0) is 22.1. The van der Waals surface area contributed by atoms with Gasteiger partial charge in [0.1, 0.15) is 12.1 Å². The molecule has 2 heteroatoms. The van der Waals surface area contributed by atoms with E-state index in [0.717, 1.165) is 23.0 Å². The SMILES string of the molecule is CCCCCCC1CCC(c2ccc(C3CCC(CCC)CC3)c(C#N)c2C#N)CC1. The molecule has 0 unspecified atom stereocenters. The summed E-state index contributed by atoms with van der Waals surface area (Å²) in [5.74, 6) is 2.65. The predicted octanol–water partition coefficient (Wildman–Crippen LogP) is 8.75. The summed E-state index contributed by atoms with van der Waals surface area (Å²) in [6.45, 7) is 4.55. The second kappa shape index (κ2) is 12.3. The third-order valence-electron chi connectivity index (χ3n) is 8.23. The number of rotatable bonds is 9. The van der Waals surface area contributed by atoms with Gasteiger partial charge in [-0.2, -0.15) is 10.5 Å². The van der Waals surface area contributed by atoms with Gasteiger partial charge < -0.3 is 0 Å². The molecule has 2 nitrogen and oxygen atoms in total. The van der Waals surface area contributed by atoms with Crippen molar-refractivity contribution in [3.63, 3.8) is 0 Å². The molecule has 0 N–H and O–H groups in total. The normalized spacial score (nSPS) is 26.2. The van der Waals surface area contributed by atoms with E-state index in [0.29, 0.717) is 23.0 Å². The van der Waals surface area contributed by atoms with Crippen molar-refractivity contribution >= 4 is 0 Å². The zero-order valence-corrected chi connectivity index (χ0v) is 20.0. The Kier molecular flexibility index (Phi) is 9.46. The Morgan fingerprint density at radius 3 is 1.55 bits per heavy atom. The molecule has 0 aromatic heterocycles. The molecule has 2 aliphatic rings. The molecule has 1 aromatic rings. The van der Waals surface area contributed by atoms with E-state index in [-0.39, 0.29) is 0 Å². The minimum Gasteiger partial charge on any atom is -0.192 e. The second-order valence-corrected chi connectivity index (χ2v) is 10.3. The molecule has 0 atom stereocenters. The molecular formula is C29H42N2. The minimum atomic E-state index is 0.461. The average molecular weight is 419 g/mol. The van der Waals surface area contributed by atoms with Crippen molar-refractivity contribution in [2.24, 2.45) is 11.8 Å². The Morgan fingerprint density at radius 2 is 1.13 bits per heavy atom. The highest BCUT2D eigenvalue weighted by molar-refractivity contribution is 5.56. The van der Waals surface area contributed by atoms with Gasteiger partial charge in [-0.1, -0.05) is 70.9 Å². The van der Waals surface area contributed by atoms with Gasteiger partial charge in [0.05, 0.1) is 11.1 Å². The Morgan fingerprint density at radius 1 is 0.645 bits per heavy atom. The lowest BCUT2D eigenvalue weighted by Crippen LogP contribution is -2.17. The van der Waals surface area contributed by atoms with E-state index in [1.54, 1.807) is 0 Å². The molecule has 2 aliphatic carbocycles. The number of hydrogen-bond acceptors (Lipinski definition) is 2. The summed E-state index contributed by atoms with van der Waals surface area (Å²) in [6, 6.07) is 9.35. The molecule has 2 saturated carbocycles. The molecule has 168 valence electrons. The Bertz CT molecular complexity index is 765. The van der Waals surface area contributed by atoms with Crippen LogP contribution in [0.2, 0.25) is 0 Å². The summed E-state index contributed by atoms with van der Waals surface area (Å²) < 4.78 is 0. The monoisotopic (exact) mass is 418 g/mol. The standard InChI is InChI=1S/C29H42N2/c1-3-5-6-7-9-23-12-16-25(17-13-23)27-19-18-26(28(20-30)29(27)21-31)24-14-10-22(8-4-2)11-15-24/h18-19,22-25H,3-17H2,1-2H3. The summed E-state index contributed by atoms with van der Waals surface area (Å²) in [6.07, 6.45) is 19.2. The van der Waals surface area contributed by atoms with Gasteiger partial charge in [-0.05, 0) is 86.2 Å². The molecule has 31 heavy (non-hydrogen) atoms. The fraction of sp³-hybridized carbons (Fsp3) is 0.724. The predicted molar refractivity (Wildman–Crippen MR) is 129 cm³/mol. The van der Waals surface area contributed by atoms with Gasteiger partial charge >= 0.3 is 0 Å². The smallest absolute Gasteiger partial charge is 0.101 e. The van der Waals surface area contributed by atoms with Crippen LogP contribution in [0.15, 0.2) is 12.1 Å². The second-order valence-electron chi connectivity index (χ2n) is 10.3. The van der Waals surface area contributed by atoms with Crippen molar-refractivity contribution < 1.29 is 0 Å². The quantitative estimate of drug-likeness (QED) is 0.376. The van der Waals surface area contributed by atoms with Crippen LogP contribution in [0, 0.1) is 34.5 Å². The van der Waals surface area contributed by atoms with Crippen LogP contribution in [0.4, 0.5) is 0 Å². The van der Waals surface area contributed by atoms with Gasteiger partial charge in [-0.3, -0.25) is 0 Å². The molecule has 0 bridgehead atoms. The lowest BCUT2D eigenvalue weighted by Gasteiger charge is -2.31. The first-order valence-corrected chi connectivity index (χ1v) is 13.2. The Hall–Kier alpha value is -1.80. The molecular weight excluding hydrogens is 376 g/mol. The van der Waals surface area contributed by atoms with Crippen molar-refractivity contribution in [2.75, 3.05) is 0 Å². The van der Waals surface area contributed by atoms with Crippen molar-refractivity contribution in [1.82, 2.24) is 0 Å². The van der Waals surface area contributed by atoms with Gasteiger partial charge in [-0.15, -0.1) is 0 Å². The van der Waals surface area contributed by atoms with E-state index in [1.807, 2.05) is 0 Å². The third-order valence-corrected chi connectivity index (χ3v) is 8.23. The number of hydrogen-bond donors (Lipinski definition) is 0. The van der Waals surface area contributed by atoms with Crippen LogP contribution in [0.5, 0.6) is 0 Å². The highest BCUT2D eigenvalue weighted by Gasteiger charge is 2.29. The number of nitrogens with zero attached hydrogens (tertiary/aromatic N) is 2. The highest BCUT2D eigenvalue weighted by atomic mass is 14.4. The van der Waals surface area contributed by atoms with Crippen molar-refractivity contribution in [3.05, 3.63) is 34.4 Å². The van der Waals surface area contributed by atoms with Crippen LogP contribution in [-0.4, -0.2) is 0 Å². The van der Waals surface area contributed by atoms with Crippen molar-refractivity contribution in [3.8, 4) is 12.1 Å². The molecule has 0 saturated heterocycles. The summed E-state index contributed by atoms with van der Waals surface area (Å²) >= 11 is 0. The molecule has 0 radical (unpaired) electrons. The Balaban J connectivity index is 1.67. The number of unbranched alkanes of at least 4 members (excludes halogenated alkanes) is 3. The van der Waals surface area contributed by atoms with Gasteiger partial charge in [0.15, 0.2) is 0 Å². The topological polar surface area (TPSA) is 47.6 Å². The summed E-state index contributed by atoms with van der Waals surface area (Å²) in [4.78, 5) is 0. The molecule has 0 spiro atoms. The summed E-state index contributed by atoms with van der Waals surface area (Å²) in [5.41, 5.74) is 3.71. The lowest BCUT2D eigenvalue weighted by molar-refractivity contribution is 0.301. The summed E-state index contributed by atoms with van der Waals surface area (Å²) in [5, 5.41) is 20.0. The van der Waals surface area contributed by atoms with E-state index in [2.05, 4.69) is 38.1 Å². The van der Waals surface area contributed by atoms with E-state index < -0.39 is 0 Å². The van der Waals surface area contributed by atoms with Crippen LogP contribution < -0.4 is 0 Å². The van der Waals surface area contributed by atoms with E-state index in [9.17, 15) is 10.5 Å². The molecule has 2 fully saturated rings. The molecule has 3 rings (SSSR count). The fourth-order valence-electron chi connectivity index (χ4n) is 6.35. The maximum Gasteiger partial charge on any atom is 0.101 e. The van der Waals surface area contributed by atoms with E-state index >= 15 is 0 Å². The molecule has 0 heterocycles. The van der Waals surface area contributed by atoms with Gasteiger partial charge in [0.25, 0.3) is 0 Å². The maximum atomic E-state index is 10.0. The zero-order valence-electron chi connectivity index (χ0n) is 20.0. The average Bonchev–Trinajstić information content (AvgIpc) is 2.82. The molecule has 0 aliphatic heterocycles. The third kappa shape index (κ3) is 6.13. The van der Waals surface area contributed by atoms with Gasteiger partial charge in [-0.25, -0.2) is 0 Å². The first kappa shape index (κ1) is 23.9. The van der Waals surface area contributed by atoms with Gasteiger partial charge in [0.2, 0.25) is 0 Å². The number of benzene rings is 1. The lowest BCUT2D eigenvalue weighted by atomic mass is 9.73. The van der Waals surface area contributed by atoms with E-state index in [4.69, 9.17) is 0 Å². The van der Waals surface area contributed by atoms with Crippen LogP contribution in [0.1, 0.15) is 144 Å². The fourth-order valence-corrected chi connectivity index (χ4v) is 6.35. The molecule has 1 aromatic carbocycles. The van der Waals surface area contributed by atoms with Crippen LogP contribution >= 0.6 is 0 Å². The van der Waals surface area contributed by atoms with Crippen molar-refractivity contribution in [1.29, 1.82) is 10.5 Å². The minimum absolute atomic E-state index is 0.461. The van der Waals surface area contributed by atoms with Crippen LogP contribution in [0.3, 0.4) is 0 Å². The number of nitriles is 2. The first-order chi connectivity index (χ1) is 15.2. The maximum absolute atomic E-state index is 10.0. The summed E-state index contributed by atoms with van der Waals surface area (Å²) in [7, 11) is 0. The van der Waals surface area contributed by atoms with Crippen LogP contribution in [0.25, 0.3) is 0 Å². The van der Waals surface area contributed by atoms with Crippen LogP contribution in [-0.2, 0) is 0 Å². The largest absolute Gasteiger partial charge is 0.192 e.